The van der Waals surface area contributed by atoms with Crippen molar-refractivity contribution in [1.29, 1.82) is 0 Å². The van der Waals surface area contributed by atoms with Crippen molar-refractivity contribution in [3.8, 4) is 5.75 Å². The lowest BCUT2D eigenvalue weighted by Crippen LogP contribution is -2.23. The van der Waals surface area contributed by atoms with Crippen molar-refractivity contribution in [1.82, 2.24) is 9.66 Å². The van der Waals surface area contributed by atoms with Crippen LogP contribution in [0.2, 0.25) is 10.0 Å². The highest BCUT2D eigenvalue weighted by Crippen LogP contribution is 2.36. The Morgan fingerprint density at radius 3 is 2.59 bits per heavy atom. The third-order valence-corrected chi connectivity index (χ3v) is 6.42. The number of nitrogens with zero attached hydrogens (tertiary/aromatic N) is 4. The number of aromatic nitrogens is 2. The first-order valence-corrected chi connectivity index (χ1v) is 13.0. The number of halogens is 3. The fourth-order valence-electron chi connectivity index (χ4n) is 3.60. The number of nitro benzene ring substituents is 1. The molecule has 0 saturated heterocycles. The molecule has 0 spiro atoms. The van der Waals surface area contributed by atoms with Crippen molar-refractivity contribution < 1.29 is 14.5 Å². The fraction of sp³-hybridized carbons (Fsp3) is 0.154. The van der Waals surface area contributed by atoms with E-state index >= 15 is 0 Å². The molecule has 0 aliphatic heterocycles. The number of ether oxygens (including phenoxy) is 1. The van der Waals surface area contributed by atoms with E-state index in [1.165, 1.54) is 18.3 Å². The van der Waals surface area contributed by atoms with Gasteiger partial charge >= 0.3 is 5.69 Å². The van der Waals surface area contributed by atoms with Crippen molar-refractivity contribution in [2.24, 2.45) is 5.10 Å². The molecule has 4 rings (SSSR count). The first-order chi connectivity index (χ1) is 18.5. The molecule has 0 saturated carbocycles. The van der Waals surface area contributed by atoms with Crippen molar-refractivity contribution in [2.45, 2.75) is 19.8 Å². The lowest BCUT2D eigenvalue weighted by molar-refractivity contribution is -0.385. The first-order valence-electron chi connectivity index (χ1n) is 11.5. The summed E-state index contributed by atoms with van der Waals surface area (Å²) in [6.07, 6.45) is 1.27. The third kappa shape index (κ3) is 6.62. The van der Waals surface area contributed by atoms with E-state index in [0.29, 0.717) is 31.9 Å². The molecule has 13 heteroatoms. The SMILES string of the molecule is CC(C)c1nc2ccc(Br)cc2c(=O)n1N=Cc1cc(Cl)c(OCC(=O)Nc2ccc(Cl)cc2)c([N+](=O)[O-])c1. The number of hydrogen-bond donors (Lipinski definition) is 1. The molecular formula is C26H20BrCl2N5O5. The average molecular weight is 633 g/mol. The second-order valence-corrected chi connectivity index (χ2v) is 10.4. The minimum absolute atomic E-state index is 0.109. The van der Waals surface area contributed by atoms with Crippen LogP contribution in [-0.2, 0) is 4.79 Å². The quantitative estimate of drug-likeness (QED) is 0.136. The molecule has 0 aliphatic carbocycles. The third-order valence-electron chi connectivity index (χ3n) is 5.39. The predicted octanol–water partition coefficient (Wildman–Crippen LogP) is 6.40. The van der Waals surface area contributed by atoms with Gasteiger partial charge in [-0.1, -0.05) is 53.0 Å². The normalized spacial score (nSPS) is 11.3. The van der Waals surface area contributed by atoms with Crippen molar-refractivity contribution in [3.05, 3.63) is 101 Å². The number of nitrogens with one attached hydrogen (secondary N) is 1. The van der Waals surface area contributed by atoms with Crippen LogP contribution >= 0.6 is 39.1 Å². The Morgan fingerprint density at radius 1 is 1.21 bits per heavy atom. The van der Waals surface area contributed by atoms with Gasteiger partial charge in [-0.25, -0.2) is 4.98 Å². The molecule has 0 bridgehead atoms. The topological polar surface area (TPSA) is 129 Å². The molecule has 0 aliphatic rings. The van der Waals surface area contributed by atoms with Crippen LogP contribution in [0.15, 0.2) is 69.0 Å². The van der Waals surface area contributed by atoms with E-state index in [1.807, 2.05) is 13.8 Å². The van der Waals surface area contributed by atoms with Gasteiger partial charge in [0.15, 0.2) is 6.61 Å². The number of fused-ring (bicyclic) bond motifs is 1. The molecule has 0 fully saturated rings. The molecule has 39 heavy (non-hydrogen) atoms. The van der Waals surface area contributed by atoms with Gasteiger partial charge in [-0.15, -0.1) is 0 Å². The summed E-state index contributed by atoms with van der Waals surface area (Å²) >= 11 is 15.5. The van der Waals surface area contributed by atoms with Crippen LogP contribution in [0.3, 0.4) is 0 Å². The summed E-state index contributed by atoms with van der Waals surface area (Å²) in [5.41, 5.74) is 0.375. The Morgan fingerprint density at radius 2 is 1.92 bits per heavy atom. The van der Waals surface area contributed by atoms with Gasteiger partial charge in [0.05, 0.1) is 27.1 Å². The summed E-state index contributed by atoms with van der Waals surface area (Å²) in [5.74, 6) is -0.555. The predicted molar refractivity (Wildman–Crippen MR) is 154 cm³/mol. The summed E-state index contributed by atoms with van der Waals surface area (Å²) < 4.78 is 7.28. The van der Waals surface area contributed by atoms with Gasteiger partial charge in [-0.2, -0.15) is 9.78 Å². The monoisotopic (exact) mass is 631 g/mol. The van der Waals surface area contributed by atoms with E-state index in [0.717, 1.165) is 4.68 Å². The molecule has 1 amide bonds. The smallest absolute Gasteiger partial charge is 0.313 e. The molecule has 1 aromatic heterocycles. The van der Waals surface area contributed by atoms with E-state index < -0.39 is 28.7 Å². The minimum Gasteiger partial charge on any atom is -0.476 e. The van der Waals surface area contributed by atoms with Gasteiger partial charge in [-0.05, 0) is 48.5 Å². The summed E-state index contributed by atoms with van der Waals surface area (Å²) in [7, 11) is 0. The molecule has 10 nitrogen and oxygen atoms in total. The van der Waals surface area contributed by atoms with Crippen LogP contribution in [-0.4, -0.2) is 33.3 Å². The molecular weight excluding hydrogens is 613 g/mol. The van der Waals surface area contributed by atoms with Gasteiger partial charge in [0.1, 0.15) is 5.82 Å². The highest BCUT2D eigenvalue weighted by Gasteiger charge is 2.22. The second-order valence-electron chi connectivity index (χ2n) is 8.60. The summed E-state index contributed by atoms with van der Waals surface area (Å²) in [6.45, 7) is 3.22. The highest BCUT2D eigenvalue weighted by molar-refractivity contribution is 9.10. The Balaban J connectivity index is 1.62. The highest BCUT2D eigenvalue weighted by atomic mass is 79.9. The molecule has 0 atom stereocenters. The van der Waals surface area contributed by atoms with Crippen LogP contribution < -0.4 is 15.6 Å². The Hall–Kier alpha value is -3.80. The van der Waals surface area contributed by atoms with Gasteiger partial charge in [0, 0.05) is 32.7 Å². The second kappa shape index (κ2) is 11.9. The molecule has 200 valence electrons. The van der Waals surface area contributed by atoms with E-state index in [1.54, 1.807) is 42.5 Å². The molecule has 1 heterocycles. The van der Waals surface area contributed by atoms with Crippen LogP contribution in [0, 0.1) is 10.1 Å². The van der Waals surface area contributed by atoms with Gasteiger partial charge in [0.25, 0.3) is 11.5 Å². The van der Waals surface area contributed by atoms with Crippen molar-refractivity contribution >= 4 is 73.5 Å². The zero-order valence-electron chi connectivity index (χ0n) is 20.5. The summed E-state index contributed by atoms with van der Waals surface area (Å²) in [4.78, 5) is 41.2. The zero-order chi connectivity index (χ0) is 28.3. The molecule has 1 N–H and O–H groups in total. The van der Waals surface area contributed by atoms with Crippen LogP contribution in [0.1, 0.15) is 31.2 Å². The summed E-state index contributed by atoms with van der Waals surface area (Å²) in [5, 5.41) is 19.4. The maximum absolute atomic E-state index is 13.2. The number of rotatable bonds is 8. The van der Waals surface area contributed by atoms with E-state index in [2.05, 4.69) is 31.3 Å². The van der Waals surface area contributed by atoms with E-state index in [4.69, 9.17) is 27.9 Å². The number of amides is 1. The first kappa shape index (κ1) is 28.2. The standard InChI is InChI=1S/C26H20BrCl2N5O5/c1-14(2)25-32-21-8-3-16(27)11-19(21)26(36)33(25)30-12-15-9-20(29)24(22(10-15)34(37)38)39-13-23(35)31-18-6-4-17(28)5-7-18/h3-12,14H,13H2,1-2H3,(H,31,35). The lowest BCUT2D eigenvalue weighted by Gasteiger charge is -2.12. The van der Waals surface area contributed by atoms with E-state index in [-0.39, 0.29) is 22.3 Å². The van der Waals surface area contributed by atoms with E-state index in [9.17, 15) is 19.7 Å². The summed E-state index contributed by atoms with van der Waals surface area (Å²) in [6, 6.07) is 14.2. The molecule has 0 unspecified atom stereocenters. The number of carbonyl (C=O) groups is 1. The number of benzene rings is 3. The Kier molecular flexibility index (Phi) is 8.63. The van der Waals surface area contributed by atoms with Crippen LogP contribution in [0.4, 0.5) is 11.4 Å². The van der Waals surface area contributed by atoms with Gasteiger partial charge in [0.2, 0.25) is 5.75 Å². The zero-order valence-corrected chi connectivity index (χ0v) is 23.6. The molecule has 4 aromatic rings. The Labute approximate surface area is 240 Å². The average Bonchev–Trinajstić information content (AvgIpc) is 2.88. The fourth-order valence-corrected chi connectivity index (χ4v) is 4.36. The minimum atomic E-state index is -0.684. The maximum Gasteiger partial charge on any atom is 0.313 e. The lowest BCUT2D eigenvalue weighted by atomic mass is 10.2. The molecule has 3 aromatic carbocycles. The number of anilines is 1. The number of nitro groups is 1. The largest absolute Gasteiger partial charge is 0.476 e. The van der Waals surface area contributed by atoms with Crippen molar-refractivity contribution in [3.63, 3.8) is 0 Å². The van der Waals surface area contributed by atoms with Crippen molar-refractivity contribution in [2.75, 3.05) is 11.9 Å². The van der Waals surface area contributed by atoms with Crippen LogP contribution in [0.25, 0.3) is 10.9 Å². The maximum atomic E-state index is 13.2. The number of hydrogen-bond acceptors (Lipinski definition) is 7. The van der Waals surface area contributed by atoms with Gasteiger partial charge in [-0.3, -0.25) is 19.7 Å². The molecule has 0 radical (unpaired) electrons. The van der Waals surface area contributed by atoms with Crippen LogP contribution in [0.5, 0.6) is 5.75 Å². The number of carbonyl (C=O) groups excluding carboxylic acids is 1. The Bertz CT molecular complexity index is 1670. The van der Waals surface area contributed by atoms with Gasteiger partial charge < -0.3 is 10.1 Å².